The predicted molar refractivity (Wildman–Crippen MR) is 95.5 cm³/mol. The zero-order valence-electron chi connectivity index (χ0n) is 16.1. The molecule has 0 heterocycles. The molecule has 0 aromatic carbocycles. The Kier molecular flexibility index (Phi) is 20.7. The van der Waals surface area contributed by atoms with Gasteiger partial charge in [-0.1, -0.05) is 71.1 Å². The second-order valence-corrected chi connectivity index (χ2v) is 8.52. The molecule has 0 aliphatic rings. The Bertz CT molecular complexity index is 358. The molecule has 0 aliphatic carbocycles. The topological polar surface area (TPSA) is 77.4 Å². The van der Waals surface area contributed by atoms with Crippen LogP contribution in [-0.2, 0) is 10.1 Å². The van der Waals surface area contributed by atoms with Crippen molar-refractivity contribution >= 4 is 10.1 Å². The standard InChI is InChI=1S/C18H38O4S.K/c1-3-4-5-6-7-8-9-10-11-12-15-18(23(20,21)22)16-13-14-17(2)19;/h17-19H,3-16H2,1-2H3,(H,20,21,22);/q;+1/p-1. The number of unbranched alkanes of at least 4 members (excludes halogenated alkanes) is 9. The summed E-state index contributed by atoms with van der Waals surface area (Å²) in [4.78, 5) is 0. The summed E-state index contributed by atoms with van der Waals surface area (Å²) in [5.41, 5.74) is 0. The Morgan fingerprint density at radius 2 is 1.21 bits per heavy atom. The molecule has 2 unspecified atom stereocenters. The van der Waals surface area contributed by atoms with Crippen molar-refractivity contribution in [1.29, 1.82) is 0 Å². The third kappa shape index (κ3) is 18.3. The van der Waals surface area contributed by atoms with Crippen LogP contribution in [0.4, 0.5) is 0 Å². The number of aliphatic hydroxyl groups excluding tert-OH is 1. The second-order valence-electron chi connectivity index (χ2n) is 6.87. The Hall–Kier alpha value is 1.51. The number of aliphatic hydroxyl groups is 1. The third-order valence-corrected chi connectivity index (χ3v) is 5.72. The van der Waals surface area contributed by atoms with Crippen molar-refractivity contribution in [2.24, 2.45) is 0 Å². The molecule has 0 rings (SSSR count). The Morgan fingerprint density at radius 1 is 0.792 bits per heavy atom. The van der Waals surface area contributed by atoms with E-state index < -0.39 is 21.5 Å². The first-order valence-electron chi connectivity index (χ1n) is 9.50. The molecule has 0 radical (unpaired) electrons. The monoisotopic (exact) mass is 388 g/mol. The van der Waals surface area contributed by atoms with E-state index in [2.05, 4.69) is 6.92 Å². The molecule has 0 saturated heterocycles. The fourth-order valence-electron chi connectivity index (χ4n) is 2.93. The van der Waals surface area contributed by atoms with Crippen molar-refractivity contribution in [2.75, 3.05) is 0 Å². The van der Waals surface area contributed by atoms with Crippen LogP contribution in [0.3, 0.4) is 0 Å². The third-order valence-electron chi connectivity index (χ3n) is 4.44. The van der Waals surface area contributed by atoms with E-state index in [0.29, 0.717) is 25.7 Å². The summed E-state index contributed by atoms with van der Waals surface area (Å²) in [6.07, 6.45) is 13.6. The average Bonchev–Trinajstić information content (AvgIpc) is 2.45. The molecular formula is C18H37KO4S. The smallest absolute Gasteiger partial charge is 0.748 e. The molecule has 24 heavy (non-hydrogen) atoms. The molecule has 0 amide bonds. The molecule has 6 heteroatoms. The van der Waals surface area contributed by atoms with Crippen LogP contribution in [-0.4, -0.2) is 29.4 Å². The van der Waals surface area contributed by atoms with Crippen molar-refractivity contribution in [3.8, 4) is 0 Å². The van der Waals surface area contributed by atoms with Gasteiger partial charge in [-0.05, 0) is 32.6 Å². The van der Waals surface area contributed by atoms with Gasteiger partial charge in [0.05, 0.1) is 16.2 Å². The van der Waals surface area contributed by atoms with Gasteiger partial charge in [0, 0.05) is 5.25 Å². The summed E-state index contributed by atoms with van der Waals surface area (Å²) in [5, 5.41) is 8.44. The van der Waals surface area contributed by atoms with E-state index in [1.54, 1.807) is 6.92 Å². The number of hydrogen-bond donors (Lipinski definition) is 1. The van der Waals surface area contributed by atoms with E-state index in [0.717, 1.165) is 19.3 Å². The maximum atomic E-state index is 11.3. The molecule has 140 valence electrons. The van der Waals surface area contributed by atoms with Crippen LogP contribution in [0.1, 0.15) is 104 Å². The van der Waals surface area contributed by atoms with Crippen LogP contribution in [0.25, 0.3) is 0 Å². The van der Waals surface area contributed by atoms with Gasteiger partial charge in [-0.3, -0.25) is 0 Å². The molecule has 0 fully saturated rings. The molecular weight excluding hydrogens is 351 g/mol. The largest absolute Gasteiger partial charge is 1.00 e. The van der Waals surface area contributed by atoms with Crippen molar-refractivity contribution in [2.45, 2.75) is 115 Å². The van der Waals surface area contributed by atoms with Gasteiger partial charge in [-0.15, -0.1) is 0 Å². The van der Waals surface area contributed by atoms with E-state index in [1.807, 2.05) is 0 Å². The zero-order chi connectivity index (χ0) is 17.6. The number of hydrogen-bond acceptors (Lipinski definition) is 4. The van der Waals surface area contributed by atoms with Gasteiger partial charge in [-0.2, -0.15) is 0 Å². The second kappa shape index (κ2) is 17.9. The van der Waals surface area contributed by atoms with E-state index in [9.17, 15) is 18.1 Å². The van der Waals surface area contributed by atoms with Gasteiger partial charge in [-0.25, -0.2) is 8.42 Å². The van der Waals surface area contributed by atoms with Crippen molar-refractivity contribution in [3.05, 3.63) is 0 Å². The first-order valence-corrected chi connectivity index (χ1v) is 11.0. The maximum absolute atomic E-state index is 11.3. The van der Waals surface area contributed by atoms with Gasteiger partial charge in [0.2, 0.25) is 0 Å². The van der Waals surface area contributed by atoms with Gasteiger partial charge in [0.25, 0.3) is 0 Å². The van der Waals surface area contributed by atoms with Gasteiger partial charge in [0.15, 0.2) is 0 Å². The molecule has 0 bridgehead atoms. The maximum Gasteiger partial charge on any atom is 1.00 e. The van der Waals surface area contributed by atoms with Crippen LogP contribution in [0.5, 0.6) is 0 Å². The summed E-state index contributed by atoms with van der Waals surface area (Å²) in [5.74, 6) is 0. The molecule has 0 spiro atoms. The molecule has 1 N–H and O–H groups in total. The molecule has 0 aromatic rings. The van der Waals surface area contributed by atoms with Crippen molar-refractivity contribution < 1.29 is 69.5 Å². The van der Waals surface area contributed by atoms with Gasteiger partial charge >= 0.3 is 51.4 Å². The molecule has 0 aromatic heterocycles. The van der Waals surface area contributed by atoms with Crippen LogP contribution in [0, 0.1) is 0 Å². The predicted octanol–water partition coefficient (Wildman–Crippen LogP) is 1.77. The minimum atomic E-state index is -4.20. The van der Waals surface area contributed by atoms with Gasteiger partial charge < -0.3 is 9.66 Å². The fourth-order valence-corrected chi connectivity index (χ4v) is 3.84. The SMILES string of the molecule is CCCCCCCCCCCCC(CCCC(C)O)S(=O)(=O)[O-].[K+]. The minimum absolute atomic E-state index is 0. The van der Waals surface area contributed by atoms with Crippen molar-refractivity contribution in [3.63, 3.8) is 0 Å². The molecule has 0 aliphatic heterocycles. The molecule has 4 nitrogen and oxygen atoms in total. The summed E-state index contributed by atoms with van der Waals surface area (Å²) in [6.45, 7) is 3.91. The Labute approximate surface area is 192 Å². The quantitative estimate of drug-likeness (QED) is 0.248. The number of rotatable bonds is 16. The average molecular weight is 389 g/mol. The Balaban J connectivity index is 0. The summed E-state index contributed by atoms with van der Waals surface area (Å²) in [6, 6.07) is 0. The van der Waals surface area contributed by atoms with Gasteiger partial charge in [0.1, 0.15) is 0 Å². The summed E-state index contributed by atoms with van der Waals surface area (Å²) < 4.78 is 33.8. The van der Waals surface area contributed by atoms with Crippen LogP contribution >= 0.6 is 0 Å². The Morgan fingerprint density at radius 3 is 1.62 bits per heavy atom. The van der Waals surface area contributed by atoms with E-state index >= 15 is 0 Å². The van der Waals surface area contributed by atoms with E-state index in [1.165, 1.54) is 44.9 Å². The first kappa shape index (κ1) is 27.7. The fraction of sp³-hybridized carbons (Fsp3) is 1.00. The summed E-state index contributed by atoms with van der Waals surface area (Å²) >= 11 is 0. The molecule has 2 atom stereocenters. The van der Waals surface area contributed by atoms with Crippen LogP contribution in [0.2, 0.25) is 0 Å². The normalized spacial score (nSPS) is 14.2. The van der Waals surface area contributed by atoms with Crippen LogP contribution in [0.15, 0.2) is 0 Å². The van der Waals surface area contributed by atoms with Crippen LogP contribution < -0.4 is 51.4 Å². The minimum Gasteiger partial charge on any atom is -0.748 e. The van der Waals surface area contributed by atoms with Crippen molar-refractivity contribution in [1.82, 2.24) is 0 Å². The van der Waals surface area contributed by atoms with E-state index in [-0.39, 0.29) is 51.4 Å². The molecule has 0 saturated carbocycles. The zero-order valence-corrected chi connectivity index (χ0v) is 20.1. The van der Waals surface area contributed by atoms with E-state index in [4.69, 9.17) is 0 Å². The summed E-state index contributed by atoms with van der Waals surface area (Å²) in [7, 11) is -4.20. The first-order chi connectivity index (χ1) is 10.9.